The molecule has 2 N–H and O–H groups in total. The lowest BCUT2D eigenvalue weighted by atomic mass is 9.98. The van der Waals surface area contributed by atoms with Crippen LogP contribution in [0, 0.1) is 5.92 Å². The summed E-state index contributed by atoms with van der Waals surface area (Å²) in [5, 5.41) is 13.0. The Balaban J connectivity index is 1.42. The quantitative estimate of drug-likeness (QED) is 0.608. The van der Waals surface area contributed by atoms with E-state index in [0.29, 0.717) is 6.42 Å². The summed E-state index contributed by atoms with van der Waals surface area (Å²) in [6.45, 7) is 3.89. The molecule has 4 rings (SSSR count). The van der Waals surface area contributed by atoms with E-state index in [4.69, 9.17) is 9.47 Å². The Morgan fingerprint density at radius 2 is 1.68 bits per heavy atom. The summed E-state index contributed by atoms with van der Waals surface area (Å²) >= 11 is 0. The SMILES string of the molecule is COC(=O)C(CC(C)C)N1CC(O)C(NC(=O)OCC2c3ccccc3-c3ccccc32)C1=O. The second-order valence-corrected chi connectivity index (χ2v) is 9.17. The van der Waals surface area contributed by atoms with Crippen molar-refractivity contribution < 1.29 is 29.0 Å². The van der Waals surface area contributed by atoms with E-state index in [0.717, 1.165) is 22.3 Å². The molecule has 1 saturated heterocycles. The summed E-state index contributed by atoms with van der Waals surface area (Å²) in [5.74, 6) is -1.06. The fourth-order valence-corrected chi connectivity index (χ4v) is 4.88. The number of methoxy groups -OCH3 is 1. The van der Waals surface area contributed by atoms with Gasteiger partial charge in [-0.2, -0.15) is 0 Å². The molecule has 2 aromatic rings. The molecule has 180 valence electrons. The Kier molecular flexibility index (Phi) is 6.88. The van der Waals surface area contributed by atoms with Gasteiger partial charge in [0.1, 0.15) is 24.8 Å². The number of hydrogen-bond donors (Lipinski definition) is 2. The molecule has 8 heteroatoms. The molecule has 34 heavy (non-hydrogen) atoms. The van der Waals surface area contributed by atoms with Gasteiger partial charge in [-0.05, 0) is 34.6 Å². The van der Waals surface area contributed by atoms with Crippen molar-refractivity contribution in [2.24, 2.45) is 5.92 Å². The molecule has 0 bridgehead atoms. The lowest BCUT2D eigenvalue weighted by Gasteiger charge is -2.27. The van der Waals surface area contributed by atoms with Crippen LogP contribution in [0.5, 0.6) is 0 Å². The number of carbonyl (C=O) groups is 3. The van der Waals surface area contributed by atoms with E-state index in [2.05, 4.69) is 5.32 Å². The molecule has 0 saturated carbocycles. The van der Waals surface area contributed by atoms with Crippen molar-refractivity contribution >= 4 is 18.0 Å². The van der Waals surface area contributed by atoms with E-state index in [1.807, 2.05) is 62.4 Å². The highest BCUT2D eigenvalue weighted by atomic mass is 16.5. The van der Waals surface area contributed by atoms with Gasteiger partial charge in [-0.15, -0.1) is 0 Å². The van der Waals surface area contributed by atoms with Crippen LogP contribution in [0.3, 0.4) is 0 Å². The molecule has 2 amide bonds. The number of alkyl carbamates (subject to hydrolysis) is 1. The Bertz CT molecular complexity index is 1040. The summed E-state index contributed by atoms with van der Waals surface area (Å²) in [4.78, 5) is 39.1. The van der Waals surface area contributed by atoms with E-state index in [-0.39, 0.29) is 25.0 Å². The maximum absolute atomic E-state index is 13.0. The molecule has 8 nitrogen and oxygen atoms in total. The van der Waals surface area contributed by atoms with E-state index in [1.54, 1.807) is 0 Å². The number of rotatable bonds is 7. The first-order valence-corrected chi connectivity index (χ1v) is 11.5. The molecule has 1 heterocycles. The van der Waals surface area contributed by atoms with Crippen molar-refractivity contribution in [3.05, 3.63) is 59.7 Å². The van der Waals surface area contributed by atoms with Gasteiger partial charge in [-0.25, -0.2) is 9.59 Å². The zero-order valence-corrected chi connectivity index (χ0v) is 19.6. The van der Waals surface area contributed by atoms with Crippen molar-refractivity contribution in [3.63, 3.8) is 0 Å². The topological polar surface area (TPSA) is 105 Å². The van der Waals surface area contributed by atoms with E-state index < -0.39 is 36.2 Å². The predicted octanol–water partition coefficient (Wildman–Crippen LogP) is 2.68. The Hall–Kier alpha value is -3.39. The Morgan fingerprint density at radius 3 is 2.24 bits per heavy atom. The number of likely N-dealkylation sites (tertiary alicyclic amines) is 1. The van der Waals surface area contributed by atoms with Crippen molar-refractivity contribution in [2.45, 2.75) is 44.4 Å². The molecule has 0 radical (unpaired) electrons. The van der Waals surface area contributed by atoms with Gasteiger partial charge in [0.2, 0.25) is 5.91 Å². The maximum atomic E-state index is 13.0. The highest BCUT2D eigenvalue weighted by molar-refractivity contribution is 5.92. The predicted molar refractivity (Wildman–Crippen MR) is 125 cm³/mol. The van der Waals surface area contributed by atoms with E-state index in [1.165, 1.54) is 12.0 Å². The van der Waals surface area contributed by atoms with Gasteiger partial charge in [-0.3, -0.25) is 4.79 Å². The summed E-state index contributed by atoms with van der Waals surface area (Å²) in [6.07, 6.45) is -1.56. The van der Waals surface area contributed by atoms with Crippen LogP contribution in [-0.2, 0) is 19.1 Å². The van der Waals surface area contributed by atoms with Crippen LogP contribution < -0.4 is 5.32 Å². The number of benzene rings is 2. The van der Waals surface area contributed by atoms with Crippen LogP contribution in [0.2, 0.25) is 0 Å². The number of aliphatic hydroxyl groups is 1. The van der Waals surface area contributed by atoms with Crippen LogP contribution in [-0.4, -0.2) is 66.4 Å². The fourth-order valence-electron chi connectivity index (χ4n) is 4.88. The second kappa shape index (κ2) is 9.85. The second-order valence-electron chi connectivity index (χ2n) is 9.17. The molecule has 3 unspecified atom stereocenters. The first-order valence-electron chi connectivity index (χ1n) is 11.5. The number of esters is 1. The summed E-state index contributed by atoms with van der Waals surface area (Å²) in [7, 11) is 1.26. The maximum Gasteiger partial charge on any atom is 0.407 e. The third kappa shape index (κ3) is 4.50. The molecule has 0 spiro atoms. The molecule has 1 aliphatic heterocycles. The Labute approximate surface area is 198 Å². The van der Waals surface area contributed by atoms with Crippen LogP contribution in [0.15, 0.2) is 48.5 Å². The standard InChI is InChI=1S/C26H30N2O6/c1-15(2)12-21(25(31)33-3)28-13-22(29)23(24(28)30)27-26(32)34-14-20-18-10-6-4-8-16(18)17-9-5-7-11-19(17)20/h4-11,15,20-23,29H,12-14H2,1-3H3,(H,27,32). The van der Waals surface area contributed by atoms with Crippen LogP contribution in [0.1, 0.15) is 37.3 Å². The largest absolute Gasteiger partial charge is 0.467 e. The number of nitrogens with zero attached hydrogens (tertiary/aromatic N) is 1. The zero-order chi connectivity index (χ0) is 24.4. The minimum Gasteiger partial charge on any atom is -0.467 e. The van der Waals surface area contributed by atoms with Gasteiger partial charge in [0.25, 0.3) is 0 Å². The Morgan fingerprint density at radius 1 is 1.09 bits per heavy atom. The number of β-amino-alcohol motifs (C(OH)–C–C–N with tert-alkyl or cyclic N) is 1. The van der Waals surface area contributed by atoms with Crippen molar-refractivity contribution in [1.29, 1.82) is 0 Å². The average molecular weight is 467 g/mol. The summed E-state index contributed by atoms with van der Waals surface area (Å²) in [6, 6.07) is 14.0. The van der Waals surface area contributed by atoms with Crippen molar-refractivity contribution in [3.8, 4) is 11.1 Å². The summed E-state index contributed by atoms with van der Waals surface area (Å²) in [5.41, 5.74) is 4.38. The molecule has 0 aromatic heterocycles. The highest BCUT2D eigenvalue weighted by Crippen LogP contribution is 2.44. The monoisotopic (exact) mass is 466 g/mol. The number of hydrogen-bond acceptors (Lipinski definition) is 6. The van der Waals surface area contributed by atoms with Gasteiger partial charge in [-0.1, -0.05) is 62.4 Å². The number of aliphatic hydroxyl groups excluding tert-OH is 1. The van der Waals surface area contributed by atoms with Gasteiger partial charge in [0, 0.05) is 5.92 Å². The molecule has 3 atom stereocenters. The van der Waals surface area contributed by atoms with Gasteiger partial charge < -0.3 is 24.8 Å². The fraction of sp³-hybridized carbons (Fsp3) is 0.423. The first-order chi connectivity index (χ1) is 16.3. The molecule has 2 aliphatic rings. The molecule has 1 fully saturated rings. The van der Waals surface area contributed by atoms with Gasteiger partial charge >= 0.3 is 12.1 Å². The van der Waals surface area contributed by atoms with Crippen LogP contribution in [0.4, 0.5) is 4.79 Å². The van der Waals surface area contributed by atoms with Crippen molar-refractivity contribution in [1.82, 2.24) is 10.2 Å². The van der Waals surface area contributed by atoms with Gasteiger partial charge in [0.15, 0.2) is 0 Å². The van der Waals surface area contributed by atoms with Crippen molar-refractivity contribution in [2.75, 3.05) is 20.3 Å². The lowest BCUT2D eigenvalue weighted by Crippen LogP contribution is -2.49. The number of nitrogens with one attached hydrogen (secondary N) is 1. The minimum atomic E-state index is -1.19. The zero-order valence-electron chi connectivity index (χ0n) is 19.6. The smallest absolute Gasteiger partial charge is 0.407 e. The highest BCUT2D eigenvalue weighted by Gasteiger charge is 2.46. The average Bonchev–Trinajstić information content (AvgIpc) is 3.29. The number of fused-ring (bicyclic) bond motifs is 3. The first kappa shape index (κ1) is 23.8. The van der Waals surface area contributed by atoms with E-state index >= 15 is 0 Å². The normalized spacial score (nSPS) is 20.1. The number of ether oxygens (including phenoxy) is 2. The van der Waals surface area contributed by atoms with E-state index in [9.17, 15) is 19.5 Å². The third-order valence-electron chi connectivity index (χ3n) is 6.48. The molecular formula is C26H30N2O6. The minimum absolute atomic E-state index is 0.0698. The third-order valence-corrected chi connectivity index (χ3v) is 6.48. The molecular weight excluding hydrogens is 436 g/mol. The lowest BCUT2D eigenvalue weighted by molar-refractivity contribution is -0.152. The number of amides is 2. The summed E-state index contributed by atoms with van der Waals surface area (Å²) < 4.78 is 10.4. The molecule has 1 aliphatic carbocycles. The number of carbonyl (C=O) groups excluding carboxylic acids is 3. The van der Waals surface area contributed by atoms with Crippen LogP contribution in [0.25, 0.3) is 11.1 Å². The molecule has 2 aromatic carbocycles. The van der Waals surface area contributed by atoms with Crippen LogP contribution >= 0.6 is 0 Å². The van der Waals surface area contributed by atoms with Gasteiger partial charge in [0.05, 0.1) is 13.7 Å².